The predicted molar refractivity (Wildman–Crippen MR) is 107 cm³/mol. The molecule has 0 saturated heterocycles. The standard InChI is InChI=1S/C20H22N6O/c1-11(2)26-15(8-14-7-5-6-12(3)16(14)20(26)27)9-25-19-17(13(4)24-25)18(21)22-10-23-19/h5-8,10-11H,9H2,1-4H3,(H2,21,22,23). The highest BCUT2D eigenvalue weighted by Gasteiger charge is 2.17. The molecule has 0 aliphatic heterocycles. The molecular weight excluding hydrogens is 340 g/mol. The maximum Gasteiger partial charge on any atom is 0.259 e. The molecule has 1 aromatic carbocycles. The van der Waals surface area contributed by atoms with Crippen LogP contribution in [0.4, 0.5) is 5.82 Å². The van der Waals surface area contributed by atoms with Gasteiger partial charge in [-0.15, -0.1) is 0 Å². The van der Waals surface area contributed by atoms with Gasteiger partial charge in [0.1, 0.15) is 12.1 Å². The number of anilines is 1. The van der Waals surface area contributed by atoms with Gasteiger partial charge in [0, 0.05) is 11.7 Å². The minimum absolute atomic E-state index is 0.0259. The number of nitrogens with two attached hydrogens (primary N) is 1. The summed E-state index contributed by atoms with van der Waals surface area (Å²) in [6.45, 7) is 8.32. The number of nitrogens with zero attached hydrogens (tertiary/aromatic N) is 5. The first kappa shape index (κ1) is 17.2. The molecule has 0 aliphatic carbocycles. The Bertz CT molecular complexity index is 1230. The van der Waals surface area contributed by atoms with Crippen molar-refractivity contribution in [2.24, 2.45) is 0 Å². The quantitative estimate of drug-likeness (QED) is 0.605. The first-order chi connectivity index (χ1) is 12.9. The van der Waals surface area contributed by atoms with E-state index in [4.69, 9.17) is 5.73 Å². The first-order valence-corrected chi connectivity index (χ1v) is 8.95. The number of nitrogen functional groups attached to an aromatic ring is 1. The number of pyridine rings is 1. The van der Waals surface area contributed by atoms with E-state index in [0.29, 0.717) is 18.0 Å². The normalized spacial score (nSPS) is 11.7. The van der Waals surface area contributed by atoms with Crippen molar-refractivity contribution in [1.82, 2.24) is 24.3 Å². The smallest absolute Gasteiger partial charge is 0.259 e. The lowest BCUT2D eigenvalue weighted by Gasteiger charge is -2.18. The third-order valence-electron chi connectivity index (χ3n) is 4.93. The first-order valence-electron chi connectivity index (χ1n) is 8.95. The Labute approximate surface area is 156 Å². The van der Waals surface area contributed by atoms with E-state index in [1.807, 2.05) is 50.5 Å². The third kappa shape index (κ3) is 2.66. The highest BCUT2D eigenvalue weighted by atomic mass is 16.1. The van der Waals surface area contributed by atoms with Gasteiger partial charge >= 0.3 is 0 Å². The molecule has 4 rings (SSSR count). The van der Waals surface area contributed by atoms with Crippen LogP contribution in [0.2, 0.25) is 0 Å². The molecule has 0 radical (unpaired) electrons. The van der Waals surface area contributed by atoms with E-state index in [1.54, 1.807) is 4.68 Å². The second-order valence-corrected chi connectivity index (χ2v) is 7.14. The predicted octanol–water partition coefficient (Wildman–Crippen LogP) is 2.97. The Morgan fingerprint density at radius 1 is 1.15 bits per heavy atom. The minimum Gasteiger partial charge on any atom is -0.383 e. The van der Waals surface area contributed by atoms with E-state index >= 15 is 0 Å². The van der Waals surface area contributed by atoms with E-state index < -0.39 is 0 Å². The van der Waals surface area contributed by atoms with Crippen molar-refractivity contribution in [3.63, 3.8) is 0 Å². The van der Waals surface area contributed by atoms with Crippen LogP contribution in [-0.4, -0.2) is 24.3 Å². The fourth-order valence-corrected chi connectivity index (χ4v) is 3.77. The van der Waals surface area contributed by atoms with Gasteiger partial charge in [-0.1, -0.05) is 18.2 Å². The Morgan fingerprint density at radius 3 is 2.67 bits per heavy atom. The van der Waals surface area contributed by atoms with Crippen molar-refractivity contribution in [3.05, 3.63) is 57.9 Å². The topological polar surface area (TPSA) is 91.6 Å². The van der Waals surface area contributed by atoms with Crippen LogP contribution < -0.4 is 11.3 Å². The Hall–Kier alpha value is -3.22. The lowest BCUT2D eigenvalue weighted by molar-refractivity contribution is 0.533. The molecule has 3 aromatic heterocycles. The number of hydrogen-bond donors (Lipinski definition) is 1. The molecule has 2 N–H and O–H groups in total. The molecule has 0 amide bonds. The molecule has 3 heterocycles. The lowest BCUT2D eigenvalue weighted by Crippen LogP contribution is -2.27. The molecule has 0 spiro atoms. The molecule has 27 heavy (non-hydrogen) atoms. The maximum atomic E-state index is 13.2. The zero-order chi connectivity index (χ0) is 19.3. The Morgan fingerprint density at radius 2 is 1.93 bits per heavy atom. The molecule has 0 atom stereocenters. The summed E-state index contributed by atoms with van der Waals surface area (Å²) in [6, 6.07) is 8.01. The highest BCUT2D eigenvalue weighted by Crippen LogP contribution is 2.23. The summed E-state index contributed by atoms with van der Waals surface area (Å²) >= 11 is 0. The van der Waals surface area contributed by atoms with Crippen LogP contribution in [-0.2, 0) is 6.54 Å². The summed E-state index contributed by atoms with van der Waals surface area (Å²) in [5, 5.41) is 7.06. The SMILES string of the molecule is Cc1nn(Cc2cc3cccc(C)c3c(=O)n2C(C)C)c2ncnc(N)c12. The third-order valence-corrected chi connectivity index (χ3v) is 4.93. The molecule has 0 saturated carbocycles. The number of fused-ring (bicyclic) bond motifs is 2. The molecular formula is C20H22N6O. The van der Waals surface area contributed by atoms with Crippen LogP contribution >= 0.6 is 0 Å². The van der Waals surface area contributed by atoms with Crippen LogP contribution in [0.5, 0.6) is 0 Å². The van der Waals surface area contributed by atoms with Crippen molar-refractivity contribution in [2.75, 3.05) is 5.73 Å². The van der Waals surface area contributed by atoms with Gasteiger partial charge in [0.15, 0.2) is 5.65 Å². The average Bonchev–Trinajstić information content (AvgIpc) is 2.91. The summed E-state index contributed by atoms with van der Waals surface area (Å²) in [7, 11) is 0. The molecule has 7 heteroatoms. The summed E-state index contributed by atoms with van der Waals surface area (Å²) in [5.41, 5.74) is 9.34. The number of aryl methyl sites for hydroxylation is 2. The lowest BCUT2D eigenvalue weighted by atomic mass is 10.1. The molecule has 0 unspecified atom stereocenters. The average molecular weight is 362 g/mol. The Kier molecular flexibility index (Phi) is 3.95. The molecule has 138 valence electrons. The van der Waals surface area contributed by atoms with E-state index in [0.717, 1.165) is 33.1 Å². The summed E-state index contributed by atoms with van der Waals surface area (Å²) in [5.74, 6) is 0.416. The van der Waals surface area contributed by atoms with Gasteiger partial charge < -0.3 is 10.3 Å². The second kappa shape index (κ2) is 6.19. The molecule has 0 bridgehead atoms. The van der Waals surface area contributed by atoms with Crippen LogP contribution in [0.1, 0.15) is 36.8 Å². The minimum atomic E-state index is 0.0259. The molecule has 7 nitrogen and oxygen atoms in total. The van der Waals surface area contributed by atoms with Gasteiger partial charge in [0.2, 0.25) is 0 Å². The van der Waals surface area contributed by atoms with E-state index in [2.05, 4.69) is 21.1 Å². The van der Waals surface area contributed by atoms with Gasteiger partial charge in [-0.3, -0.25) is 4.79 Å². The van der Waals surface area contributed by atoms with E-state index in [1.165, 1.54) is 6.33 Å². The zero-order valence-electron chi connectivity index (χ0n) is 15.9. The second-order valence-electron chi connectivity index (χ2n) is 7.14. The maximum absolute atomic E-state index is 13.2. The Balaban J connectivity index is 1.97. The van der Waals surface area contributed by atoms with Crippen LogP contribution in [0.15, 0.2) is 35.4 Å². The monoisotopic (exact) mass is 362 g/mol. The van der Waals surface area contributed by atoms with Gasteiger partial charge in [-0.2, -0.15) is 5.10 Å². The van der Waals surface area contributed by atoms with Crippen LogP contribution in [0.3, 0.4) is 0 Å². The number of aromatic nitrogens is 5. The van der Waals surface area contributed by atoms with Crippen LogP contribution in [0.25, 0.3) is 21.8 Å². The van der Waals surface area contributed by atoms with Crippen molar-refractivity contribution >= 4 is 27.6 Å². The summed E-state index contributed by atoms with van der Waals surface area (Å²) in [4.78, 5) is 21.6. The number of rotatable bonds is 3. The van der Waals surface area contributed by atoms with Gasteiger partial charge in [0.25, 0.3) is 5.56 Å². The van der Waals surface area contributed by atoms with Crippen molar-refractivity contribution in [1.29, 1.82) is 0 Å². The number of benzene rings is 1. The molecule has 4 aromatic rings. The van der Waals surface area contributed by atoms with Crippen molar-refractivity contribution < 1.29 is 0 Å². The van der Waals surface area contributed by atoms with Gasteiger partial charge in [0.05, 0.1) is 23.0 Å². The molecule has 0 fully saturated rings. The fourth-order valence-electron chi connectivity index (χ4n) is 3.77. The van der Waals surface area contributed by atoms with Gasteiger partial charge in [-0.05, 0) is 44.7 Å². The summed E-state index contributed by atoms with van der Waals surface area (Å²) in [6.07, 6.45) is 1.44. The highest BCUT2D eigenvalue weighted by molar-refractivity contribution is 5.88. The van der Waals surface area contributed by atoms with Crippen molar-refractivity contribution in [3.8, 4) is 0 Å². The summed E-state index contributed by atoms with van der Waals surface area (Å²) < 4.78 is 3.63. The zero-order valence-corrected chi connectivity index (χ0v) is 15.9. The van der Waals surface area contributed by atoms with E-state index in [9.17, 15) is 4.79 Å². The van der Waals surface area contributed by atoms with Crippen LogP contribution in [0, 0.1) is 13.8 Å². The number of hydrogen-bond acceptors (Lipinski definition) is 5. The molecule has 0 aliphatic rings. The largest absolute Gasteiger partial charge is 0.383 e. The fraction of sp³-hybridized carbons (Fsp3) is 0.300. The van der Waals surface area contributed by atoms with Crippen molar-refractivity contribution in [2.45, 2.75) is 40.3 Å². The van der Waals surface area contributed by atoms with E-state index in [-0.39, 0.29) is 11.6 Å². The van der Waals surface area contributed by atoms with Gasteiger partial charge in [-0.25, -0.2) is 14.6 Å².